The number of nitrogens with zero attached hydrogens (tertiary/aromatic N) is 2. The average molecular weight is 228 g/mol. The third kappa shape index (κ3) is 4.18. The summed E-state index contributed by atoms with van der Waals surface area (Å²) in [5.74, 6) is -0.221. The lowest BCUT2D eigenvalue weighted by molar-refractivity contribution is -0.144. The van der Waals surface area contributed by atoms with Crippen LogP contribution in [0.15, 0.2) is 0 Å². The van der Waals surface area contributed by atoms with Crippen molar-refractivity contribution in [2.24, 2.45) is 0 Å². The molecule has 0 saturated heterocycles. The van der Waals surface area contributed by atoms with Crippen LogP contribution in [-0.2, 0) is 14.3 Å². The van der Waals surface area contributed by atoms with Crippen LogP contribution in [0.2, 0.25) is 0 Å². The fourth-order valence-corrected chi connectivity index (χ4v) is 1.49. The van der Waals surface area contributed by atoms with Crippen molar-refractivity contribution in [2.75, 3.05) is 33.8 Å². The van der Waals surface area contributed by atoms with E-state index in [9.17, 15) is 9.59 Å². The largest absolute Gasteiger partial charge is 0.465 e. The molecular formula is C11H20N2O3. The molecule has 1 rings (SSSR count). The highest BCUT2D eigenvalue weighted by Gasteiger charge is 2.29. The first-order chi connectivity index (χ1) is 7.54. The standard InChI is InChI=1S/C11H20N2O3/c1-4-16-11(15)8-12(2)7-10(14)13(3)9-5-6-9/h9H,4-8H2,1-3H3. The van der Waals surface area contributed by atoms with Gasteiger partial charge in [-0.25, -0.2) is 0 Å². The summed E-state index contributed by atoms with van der Waals surface area (Å²) in [6.07, 6.45) is 2.20. The van der Waals surface area contributed by atoms with Gasteiger partial charge in [-0.05, 0) is 26.8 Å². The number of amides is 1. The molecule has 0 spiro atoms. The van der Waals surface area contributed by atoms with Crippen molar-refractivity contribution in [3.8, 4) is 0 Å². The number of hydrogen-bond acceptors (Lipinski definition) is 4. The highest BCUT2D eigenvalue weighted by Crippen LogP contribution is 2.25. The number of likely N-dealkylation sites (N-methyl/N-ethyl adjacent to an activating group) is 2. The average Bonchev–Trinajstić information content (AvgIpc) is 2.99. The molecule has 0 radical (unpaired) electrons. The molecule has 1 amide bonds. The monoisotopic (exact) mass is 228 g/mol. The van der Waals surface area contributed by atoms with E-state index in [0.29, 0.717) is 12.6 Å². The molecule has 1 saturated carbocycles. The van der Waals surface area contributed by atoms with Gasteiger partial charge in [-0.3, -0.25) is 14.5 Å². The van der Waals surface area contributed by atoms with Crippen LogP contribution in [0.5, 0.6) is 0 Å². The second-order valence-corrected chi connectivity index (χ2v) is 4.21. The molecule has 0 unspecified atom stereocenters. The molecule has 92 valence electrons. The number of carbonyl (C=O) groups excluding carboxylic acids is 2. The van der Waals surface area contributed by atoms with Gasteiger partial charge in [-0.15, -0.1) is 0 Å². The Balaban J connectivity index is 2.24. The van der Waals surface area contributed by atoms with Crippen molar-refractivity contribution < 1.29 is 14.3 Å². The van der Waals surface area contributed by atoms with E-state index >= 15 is 0 Å². The lowest BCUT2D eigenvalue weighted by Gasteiger charge is -2.20. The van der Waals surface area contributed by atoms with Crippen molar-refractivity contribution in [3.05, 3.63) is 0 Å². The van der Waals surface area contributed by atoms with Gasteiger partial charge in [0, 0.05) is 13.1 Å². The minimum absolute atomic E-state index is 0.0642. The van der Waals surface area contributed by atoms with Gasteiger partial charge in [0.25, 0.3) is 0 Å². The Kier molecular flexibility index (Phi) is 4.73. The quantitative estimate of drug-likeness (QED) is 0.605. The summed E-state index contributed by atoms with van der Waals surface area (Å²) in [5, 5.41) is 0. The summed E-state index contributed by atoms with van der Waals surface area (Å²) in [7, 11) is 3.56. The molecule has 0 aromatic heterocycles. The Morgan fingerprint density at radius 1 is 1.25 bits per heavy atom. The Morgan fingerprint density at radius 3 is 2.38 bits per heavy atom. The number of ether oxygens (including phenoxy) is 1. The van der Waals surface area contributed by atoms with Crippen LogP contribution in [0.4, 0.5) is 0 Å². The Labute approximate surface area is 96.3 Å². The van der Waals surface area contributed by atoms with Crippen LogP contribution in [0.3, 0.4) is 0 Å². The van der Waals surface area contributed by atoms with E-state index in [2.05, 4.69) is 0 Å². The first kappa shape index (κ1) is 13.0. The van der Waals surface area contributed by atoms with E-state index in [1.807, 2.05) is 7.05 Å². The van der Waals surface area contributed by atoms with Crippen LogP contribution in [0, 0.1) is 0 Å². The highest BCUT2D eigenvalue weighted by molar-refractivity contribution is 5.79. The number of esters is 1. The maximum Gasteiger partial charge on any atom is 0.320 e. The molecule has 0 bridgehead atoms. The topological polar surface area (TPSA) is 49.9 Å². The summed E-state index contributed by atoms with van der Waals surface area (Å²) in [6, 6.07) is 0.420. The molecule has 16 heavy (non-hydrogen) atoms. The molecule has 1 fully saturated rings. The maximum absolute atomic E-state index is 11.7. The zero-order valence-corrected chi connectivity index (χ0v) is 10.2. The van der Waals surface area contributed by atoms with Gasteiger partial charge >= 0.3 is 5.97 Å². The predicted octanol–water partition coefficient (Wildman–Crippen LogP) is 0.102. The van der Waals surface area contributed by atoms with Crippen molar-refractivity contribution >= 4 is 11.9 Å². The van der Waals surface area contributed by atoms with E-state index in [-0.39, 0.29) is 25.0 Å². The molecular weight excluding hydrogens is 208 g/mol. The normalized spacial score (nSPS) is 15.0. The summed E-state index contributed by atoms with van der Waals surface area (Å²) >= 11 is 0. The third-order valence-corrected chi connectivity index (χ3v) is 2.60. The van der Waals surface area contributed by atoms with Gasteiger partial charge in [-0.1, -0.05) is 0 Å². The second kappa shape index (κ2) is 5.84. The third-order valence-electron chi connectivity index (χ3n) is 2.60. The smallest absolute Gasteiger partial charge is 0.320 e. The Morgan fingerprint density at radius 2 is 1.88 bits per heavy atom. The summed E-state index contributed by atoms with van der Waals surface area (Å²) in [4.78, 5) is 26.3. The molecule has 5 heteroatoms. The molecule has 0 aliphatic heterocycles. The molecule has 0 atom stereocenters. The van der Waals surface area contributed by atoms with Gasteiger partial charge in [0.2, 0.25) is 5.91 Å². The fourth-order valence-electron chi connectivity index (χ4n) is 1.49. The van der Waals surface area contributed by atoms with Gasteiger partial charge in [0.1, 0.15) is 0 Å². The van der Waals surface area contributed by atoms with Crippen molar-refractivity contribution in [2.45, 2.75) is 25.8 Å². The minimum atomic E-state index is -0.285. The predicted molar refractivity (Wildman–Crippen MR) is 59.9 cm³/mol. The van der Waals surface area contributed by atoms with Crippen molar-refractivity contribution in [3.63, 3.8) is 0 Å². The summed E-state index contributed by atoms with van der Waals surface area (Å²) < 4.78 is 4.81. The molecule has 5 nitrogen and oxygen atoms in total. The van der Waals surface area contributed by atoms with Crippen LogP contribution >= 0.6 is 0 Å². The minimum Gasteiger partial charge on any atom is -0.465 e. The van der Waals surface area contributed by atoms with Crippen LogP contribution in [0.1, 0.15) is 19.8 Å². The lowest BCUT2D eigenvalue weighted by atomic mass is 10.4. The number of hydrogen-bond donors (Lipinski definition) is 0. The molecule has 1 aliphatic rings. The second-order valence-electron chi connectivity index (χ2n) is 4.21. The summed E-state index contributed by atoms with van der Waals surface area (Å²) in [5.41, 5.74) is 0. The van der Waals surface area contributed by atoms with E-state index in [1.165, 1.54) is 0 Å². The fraction of sp³-hybridized carbons (Fsp3) is 0.818. The van der Waals surface area contributed by atoms with E-state index in [0.717, 1.165) is 12.8 Å². The molecule has 1 aliphatic carbocycles. The highest BCUT2D eigenvalue weighted by atomic mass is 16.5. The SMILES string of the molecule is CCOC(=O)CN(C)CC(=O)N(C)C1CC1. The lowest BCUT2D eigenvalue weighted by Crippen LogP contribution is -2.39. The summed E-state index contributed by atoms with van der Waals surface area (Å²) in [6.45, 7) is 2.58. The zero-order chi connectivity index (χ0) is 12.1. The van der Waals surface area contributed by atoms with Crippen LogP contribution in [0.25, 0.3) is 0 Å². The van der Waals surface area contributed by atoms with Gasteiger partial charge in [0.15, 0.2) is 0 Å². The first-order valence-corrected chi connectivity index (χ1v) is 5.64. The maximum atomic E-state index is 11.7. The molecule has 0 aromatic carbocycles. The Hall–Kier alpha value is -1.10. The van der Waals surface area contributed by atoms with Gasteiger partial charge in [-0.2, -0.15) is 0 Å². The van der Waals surface area contributed by atoms with Gasteiger partial charge < -0.3 is 9.64 Å². The van der Waals surface area contributed by atoms with E-state index < -0.39 is 0 Å². The van der Waals surface area contributed by atoms with Crippen molar-refractivity contribution in [1.29, 1.82) is 0 Å². The van der Waals surface area contributed by atoms with E-state index in [4.69, 9.17) is 4.74 Å². The first-order valence-electron chi connectivity index (χ1n) is 5.64. The molecule has 0 heterocycles. The van der Waals surface area contributed by atoms with Crippen LogP contribution < -0.4 is 0 Å². The molecule has 0 N–H and O–H groups in total. The molecule has 0 aromatic rings. The van der Waals surface area contributed by atoms with Gasteiger partial charge in [0.05, 0.1) is 19.7 Å². The number of rotatable bonds is 6. The number of carbonyl (C=O) groups is 2. The van der Waals surface area contributed by atoms with E-state index in [1.54, 1.807) is 23.8 Å². The van der Waals surface area contributed by atoms with Crippen LogP contribution in [-0.4, -0.2) is 61.5 Å². The van der Waals surface area contributed by atoms with Crippen molar-refractivity contribution in [1.82, 2.24) is 9.80 Å². The zero-order valence-electron chi connectivity index (χ0n) is 10.2. The Bertz CT molecular complexity index is 264.